The lowest BCUT2D eigenvalue weighted by Crippen LogP contribution is -2.29. The molecule has 0 amide bonds. The maximum Gasteiger partial charge on any atom is 0.165 e. The lowest BCUT2D eigenvalue weighted by molar-refractivity contribution is 0.0197. The molecule has 0 spiro atoms. The summed E-state index contributed by atoms with van der Waals surface area (Å²) in [7, 11) is 1.69. The van der Waals surface area contributed by atoms with Crippen molar-refractivity contribution < 1.29 is 13.9 Å². The van der Waals surface area contributed by atoms with Gasteiger partial charge in [-0.05, 0) is 37.5 Å². The van der Waals surface area contributed by atoms with E-state index in [-0.39, 0.29) is 23.8 Å². The molecule has 1 aliphatic carbocycles. The third-order valence-electron chi connectivity index (χ3n) is 3.45. The fourth-order valence-electron chi connectivity index (χ4n) is 2.37. The molecule has 1 aromatic rings. The average Bonchev–Trinajstić information content (AvgIpc) is 2.41. The standard InChI is InChI=1S/C14H19FN2O2/c1-18-10-3-2-4-11(8-10)19-13-6-5-9(14(16)17)7-12(13)15/h5-7,10-11H,2-4,8H2,1H3,(H3,16,17). The van der Waals surface area contributed by atoms with Gasteiger partial charge in [0.2, 0.25) is 0 Å². The van der Waals surface area contributed by atoms with Gasteiger partial charge in [-0.25, -0.2) is 4.39 Å². The van der Waals surface area contributed by atoms with Gasteiger partial charge in [-0.1, -0.05) is 0 Å². The molecular weight excluding hydrogens is 247 g/mol. The van der Waals surface area contributed by atoms with Crippen LogP contribution in [0.2, 0.25) is 0 Å². The minimum Gasteiger partial charge on any atom is -0.487 e. The highest BCUT2D eigenvalue weighted by Gasteiger charge is 2.23. The van der Waals surface area contributed by atoms with Gasteiger partial charge in [0.25, 0.3) is 0 Å². The molecule has 19 heavy (non-hydrogen) atoms. The molecule has 5 heteroatoms. The molecule has 1 aliphatic rings. The average molecular weight is 266 g/mol. The molecule has 1 saturated carbocycles. The number of halogens is 1. The number of ether oxygens (including phenoxy) is 2. The Morgan fingerprint density at radius 3 is 2.74 bits per heavy atom. The van der Waals surface area contributed by atoms with Crippen LogP contribution >= 0.6 is 0 Å². The van der Waals surface area contributed by atoms with Crippen molar-refractivity contribution in [1.29, 1.82) is 5.41 Å². The highest BCUT2D eigenvalue weighted by atomic mass is 19.1. The van der Waals surface area contributed by atoms with Gasteiger partial charge < -0.3 is 15.2 Å². The fourth-order valence-corrected chi connectivity index (χ4v) is 2.37. The lowest BCUT2D eigenvalue weighted by Gasteiger charge is -2.28. The lowest BCUT2D eigenvalue weighted by atomic mass is 9.95. The first-order chi connectivity index (χ1) is 9.10. The number of methoxy groups -OCH3 is 1. The van der Waals surface area contributed by atoms with Crippen molar-refractivity contribution in [3.8, 4) is 5.75 Å². The second-order valence-corrected chi connectivity index (χ2v) is 4.82. The number of nitrogens with one attached hydrogen (secondary N) is 1. The van der Waals surface area contributed by atoms with Gasteiger partial charge in [-0.15, -0.1) is 0 Å². The Hall–Kier alpha value is -1.62. The van der Waals surface area contributed by atoms with E-state index in [1.807, 2.05) is 0 Å². The number of amidine groups is 1. The van der Waals surface area contributed by atoms with Crippen molar-refractivity contribution in [2.45, 2.75) is 37.9 Å². The van der Waals surface area contributed by atoms with Crippen molar-refractivity contribution in [2.75, 3.05) is 7.11 Å². The second kappa shape index (κ2) is 6.02. The Bertz CT molecular complexity index is 465. The summed E-state index contributed by atoms with van der Waals surface area (Å²) in [6.45, 7) is 0. The highest BCUT2D eigenvalue weighted by Crippen LogP contribution is 2.27. The first kappa shape index (κ1) is 13.8. The zero-order valence-corrected chi connectivity index (χ0v) is 11.0. The van der Waals surface area contributed by atoms with E-state index < -0.39 is 5.82 Å². The zero-order chi connectivity index (χ0) is 13.8. The van der Waals surface area contributed by atoms with Crippen LogP contribution in [0.3, 0.4) is 0 Å². The van der Waals surface area contributed by atoms with Crippen LogP contribution in [0.15, 0.2) is 18.2 Å². The van der Waals surface area contributed by atoms with Crippen molar-refractivity contribution in [3.63, 3.8) is 0 Å². The van der Waals surface area contributed by atoms with Gasteiger partial charge in [0.05, 0.1) is 6.10 Å². The number of nitrogens with two attached hydrogens (primary N) is 1. The SMILES string of the molecule is COC1CCCC(Oc2ccc(C(=N)N)cc2F)C1. The molecule has 1 aromatic carbocycles. The van der Waals surface area contributed by atoms with Gasteiger partial charge in [0.1, 0.15) is 11.9 Å². The number of benzene rings is 1. The fraction of sp³-hybridized carbons (Fsp3) is 0.500. The molecule has 2 atom stereocenters. The topological polar surface area (TPSA) is 68.3 Å². The quantitative estimate of drug-likeness (QED) is 0.649. The molecule has 1 fully saturated rings. The molecule has 2 rings (SSSR count). The molecule has 4 nitrogen and oxygen atoms in total. The molecule has 2 unspecified atom stereocenters. The molecule has 3 N–H and O–H groups in total. The number of hydrogen-bond donors (Lipinski definition) is 2. The highest BCUT2D eigenvalue weighted by molar-refractivity contribution is 5.95. The number of hydrogen-bond acceptors (Lipinski definition) is 3. The van der Waals surface area contributed by atoms with Crippen LogP contribution in [0.1, 0.15) is 31.2 Å². The number of rotatable bonds is 4. The zero-order valence-electron chi connectivity index (χ0n) is 11.0. The van der Waals surface area contributed by atoms with Crippen molar-refractivity contribution in [2.24, 2.45) is 5.73 Å². The second-order valence-electron chi connectivity index (χ2n) is 4.82. The van der Waals surface area contributed by atoms with E-state index in [2.05, 4.69) is 0 Å². The van der Waals surface area contributed by atoms with Crippen molar-refractivity contribution in [1.82, 2.24) is 0 Å². The largest absolute Gasteiger partial charge is 0.487 e. The van der Waals surface area contributed by atoms with Gasteiger partial charge in [-0.2, -0.15) is 0 Å². The molecule has 104 valence electrons. The molecule has 0 aromatic heterocycles. The summed E-state index contributed by atoms with van der Waals surface area (Å²) in [6, 6.07) is 4.36. The minimum absolute atomic E-state index is 0.0172. The predicted octanol–water partition coefficient (Wildman–Crippen LogP) is 2.45. The van der Waals surface area contributed by atoms with Crippen molar-refractivity contribution in [3.05, 3.63) is 29.6 Å². The Kier molecular flexibility index (Phi) is 4.37. The van der Waals surface area contributed by atoms with Crippen LogP contribution in [-0.2, 0) is 4.74 Å². The summed E-state index contributed by atoms with van der Waals surface area (Å²) < 4.78 is 24.8. The van der Waals surface area contributed by atoms with E-state index in [9.17, 15) is 4.39 Å². The Balaban J connectivity index is 2.04. The van der Waals surface area contributed by atoms with Crippen LogP contribution in [0.25, 0.3) is 0 Å². The molecule has 0 saturated heterocycles. The Morgan fingerprint density at radius 2 is 2.11 bits per heavy atom. The van der Waals surface area contributed by atoms with Crippen LogP contribution in [0, 0.1) is 11.2 Å². The molecule has 0 heterocycles. The third-order valence-corrected chi connectivity index (χ3v) is 3.45. The number of nitrogen functional groups attached to an aromatic ring is 1. The molecule has 0 bridgehead atoms. The van der Waals surface area contributed by atoms with Crippen molar-refractivity contribution >= 4 is 5.84 Å². The van der Waals surface area contributed by atoms with Gasteiger partial charge in [0, 0.05) is 19.1 Å². The third kappa shape index (κ3) is 3.44. The normalized spacial score (nSPS) is 23.1. The van der Waals surface area contributed by atoms with E-state index in [0.717, 1.165) is 25.7 Å². The maximum absolute atomic E-state index is 13.8. The monoisotopic (exact) mass is 266 g/mol. The smallest absolute Gasteiger partial charge is 0.165 e. The van der Waals surface area contributed by atoms with Crippen LogP contribution < -0.4 is 10.5 Å². The maximum atomic E-state index is 13.8. The van der Waals surface area contributed by atoms with Gasteiger partial charge in [0.15, 0.2) is 11.6 Å². The summed E-state index contributed by atoms with van der Waals surface area (Å²) in [4.78, 5) is 0. The summed E-state index contributed by atoms with van der Waals surface area (Å²) >= 11 is 0. The summed E-state index contributed by atoms with van der Waals surface area (Å²) in [5.41, 5.74) is 5.68. The summed E-state index contributed by atoms with van der Waals surface area (Å²) in [6.07, 6.45) is 3.92. The van der Waals surface area contributed by atoms with Crippen LogP contribution in [-0.4, -0.2) is 25.2 Å². The molecule has 0 radical (unpaired) electrons. The van der Waals surface area contributed by atoms with Gasteiger partial charge >= 0.3 is 0 Å². The van der Waals surface area contributed by atoms with E-state index in [4.69, 9.17) is 20.6 Å². The Labute approximate surface area is 112 Å². The first-order valence-corrected chi connectivity index (χ1v) is 6.43. The molecule has 0 aliphatic heterocycles. The van der Waals surface area contributed by atoms with E-state index in [1.54, 1.807) is 13.2 Å². The minimum atomic E-state index is -0.479. The van der Waals surface area contributed by atoms with Crippen LogP contribution in [0.5, 0.6) is 5.75 Å². The van der Waals surface area contributed by atoms with E-state index in [1.165, 1.54) is 12.1 Å². The first-order valence-electron chi connectivity index (χ1n) is 6.43. The summed E-state index contributed by atoms with van der Waals surface area (Å²) in [5, 5.41) is 7.26. The van der Waals surface area contributed by atoms with Gasteiger partial charge in [-0.3, -0.25) is 5.41 Å². The predicted molar refractivity (Wildman–Crippen MR) is 71.1 cm³/mol. The van der Waals surface area contributed by atoms with Crippen LogP contribution in [0.4, 0.5) is 4.39 Å². The molecular formula is C14H19FN2O2. The summed E-state index contributed by atoms with van der Waals surface area (Å²) in [5.74, 6) is -0.415. The van der Waals surface area contributed by atoms with E-state index in [0.29, 0.717) is 5.56 Å². The van der Waals surface area contributed by atoms with E-state index >= 15 is 0 Å². The Morgan fingerprint density at radius 1 is 1.37 bits per heavy atom.